The van der Waals surface area contributed by atoms with Crippen LogP contribution in [0.3, 0.4) is 0 Å². The molecule has 0 aliphatic carbocycles. The molecule has 0 atom stereocenters. The van der Waals surface area contributed by atoms with Gasteiger partial charge in [0.25, 0.3) is 0 Å². The van der Waals surface area contributed by atoms with Crippen LogP contribution in [-0.4, -0.2) is 50.1 Å². The van der Waals surface area contributed by atoms with Crippen LogP contribution in [0.2, 0.25) is 0 Å². The number of thiophene rings is 1. The molecule has 25 heavy (non-hydrogen) atoms. The third kappa shape index (κ3) is 3.72. The summed E-state index contributed by atoms with van der Waals surface area (Å²) >= 11 is 1.66. The number of benzene rings is 1. The van der Waals surface area contributed by atoms with Crippen molar-refractivity contribution in [2.75, 3.05) is 49.1 Å². The van der Waals surface area contributed by atoms with Gasteiger partial charge < -0.3 is 14.7 Å². The SMILES string of the molecule is O=C(Cc1cccs1)N1CCN(CCN2CCCC2)c2ccccc21. The molecule has 1 aromatic heterocycles. The molecule has 0 saturated carbocycles. The van der Waals surface area contributed by atoms with Crippen molar-refractivity contribution in [2.45, 2.75) is 19.3 Å². The third-order valence-electron chi connectivity index (χ3n) is 5.20. The summed E-state index contributed by atoms with van der Waals surface area (Å²) < 4.78 is 0. The Labute approximate surface area is 153 Å². The van der Waals surface area contributed by atoms with Crippen molar-refractivity contribution in [3.05, 3.63) is 46.7 Å². The number of para-hydroxylation sites is 2. The van der Waals surface area contributed by atoms with E-state index in [1.807, 2.05) is 28.5 Å². The van der Waals surface area contributed by atoms with E-state index in [1.165, 1.54) is 31.6 Å². The van der Waals surface area contributed by atoms with E-state index in [2.05, 4.69) is 28.0 Å². The van der Waals surface area contributed by atoms with E-state index in [1.54, 1.807) is 11.3 Å². The maximum atomic E-state index is 12.8. The second-order valence-corrected chi connectivity index (χ2v) is 7.86. The van der Waals surface area contributed by atoms with Gasteiger partial charge in [-0.05, 0) is 49.5 Å². The van der Waals surface area contributed by atoms with Gasteiger partial charge >= 0.3 is 0 Å². The Morgan fingerprint density at radius 3 is 2.48 bits per heavy atom. The molecule has 1 saturated heterocycles. The average molecular weight is 356 g/mol. The summed E-state index contributed by atoms with van der Waals surface area (Å²) in [6.07, 6.45) is 3.17. The van der Waals surface area contributed by atoms with E-state index in [4.69, 9.17) is 0 Å². The van der Waals surface area contributed by atoms with Gasteiger partial charge in [0.2, 0.25) is 5.91 Å². The van der Waals surface area contributed by atoms with Crippen molar-refractivity contribution in [3.8, 4) is 0 Å². The molecule has 1 amide bonds. The molecular formula is C20H25N3OS. The fraction of sp³-hybridized carbons (Fsp3) is 0.450. The van der Waals surface area contributed by atoms with Crippen LogP contribution in [0.1, 0.15) is 17.7 Å². The largest absolute Gasteiger partial charge is 0.367 e. The number of anilines is 2. The lowest BCUT2D eigenvalue weighted by Crippen LogP contribution is -2.46. The van der Waals surface area contributed by atoms with Crippen LogP contribution in [-0.2, 0) is 11.2 Å². The quantitative estimate of drug-likeness (QED) is 0.824. The van der Waals surface area contributed by atoms with Crippen molar-refractivity contribution in [3.63, 3.8) is 0 Å². The predicted molar refractivity (Wildman–Crippen MR) is 105 cm³/mol. The standard InChI is InChI=1S/C20H25N3OS/c24-20(16-17-6-5-15-25-17)23-14-13-22(12-11-21-9-3-4-10-21)18-7-1-2-8-19(18)23/h1-2,5-8,15H,3-4,9-14,16H2. The first-order valence-corrected chi connectivity index (χ1v) is 10.1. The zero-order chi connectivity index (χ0) is 17.1. The van der Waals surface area contributed by atoms with Crippen LogP contribution in [0.4, 0.5) is 11.4 Å². The number of hydrogen-bond acceptors (Lipinski definition) is 4. The Bertz CT molecular complexity index is 709. The molecular weight excluding hydrogens is 330 g/mol. The molecule has 3 heterocycles. The van der Waals surface area contributed by atoms with E-state index in [-0.39, 0.29) is 5.91 Å². The Morgan fingerprint density at radius 1 is 0.920 bits per heavy atom. The van der Waals surface area contributed by atoms with Gasteiger partial charge in [0.15, 0.2) is 0 Å². The summed E-state index contributed by atoms with van der Waals surface area (Å²) in [6.45, 7) is 6.34. The monoisotopic (exact) mass is 355 g/mol. The maximum Gasteiger partial charge on any atom is 0.232 e. The van der Waals surface area contributed by atoms with Gasteiger partial charge in [-0.25, -0.2) is 0 Å². The Balaban J connectivity index is 1.47. The normalized spacial score (nSPS) is 17.8. The third-order valence-corrected chi connectivity index (χ3v) is 6.07. The molecule has 2 aliphatic heterocycles. The molecule has 5 heteroatoms. The van der Waals surface area contributed by atoms with Gasteiger partial charge in [-0.3, -0.25) is 4.79 Å². The zero-order valence-electron chi connectivity index (χ0n) is 14.6. The van der Waals surface area contributed by atoms with Gasteiger partial charge in [-0.15, -0.1) is 11.3 Å². The van der Waals surface area contributed by atoms with Gasteiger partial charge in [0, 0.05) is 31.1 Å². The molecule has 4 rings (SSSR count). The van der Waals surface area contributed by atoms with Crippen molar-refractivity contribution in [1.82, 2.24) is 4.90 Å². The van der Waals surface area contributed by atoms with Crippen LogP contribution in [0.25, 0.3) is 0 Å². The van der Waals surface area contributed by atoms with E-state index in [0.717, 1.165) is 36.7 Å². The number of nitrogens with zero attached hydrogens (tertiary/aromatic N) is 3. The number of amides is 1. The van der Waals surface area contributed by atoms with E-state index < -0.39 is 0 Å². The lowest BCUT2D eigenvalue weighted by atomic mass is 10.1. The minimum absolute atomic E-state index is 0.203. The van der Waals surface area contributed by atoms with Crippen LogP contribution < -0.4 is 9.80 Å². The first-order valence-electron chi connectivity index (χ1n) is 9.20. The fourth-order valence-corrected chi connectivity index (χ4v) is 4.53. The molecule has 132 valence electrons. The van der Waals surface area contributed by atoms with Crippen LogP contribution in [0.15, 0.2) is 41.8 Å². The first kappa shape index (κ1) is 16.6. The molecule has 0 unspecified atom stereocenters. The van der Waals surface area contributed by atoms with Crippen molar-refractivity contribution in [1.29, 1.82) is 0 Å². The molecule has 4 nitrogen and oxygen atoms in total. The lowest BCUT2D eigenvalue weighted by molar-refractivity contribution is -0.117. The number of likely N-dealkylation sites (tertiary alicyclic amines) is 1. The summed E-state index contributed by atoms with van der Waals surface area (Å²) in [7, 11) is 0. The second-order valence-electron chi connectivity index (χ2n) is 6.83. The molecule has 2 aromatic rings. The summed E-state index contributed by atoms with van der Waals surface area (Å²) in [4.78, 5) is 20.9. The molecule has 1 fully saturated rings. The van der Waals surface area contributed by atoms with Crippen LogP contribution in [0, 0.1) is 0 Å². The van der Waals surface area contributed by atoms with Crippen molar-refractivity contribution >= 4 is 28.6 Å². The molecule has 0 spiro atoms. The maximum absolute atomic E-state index is 12.8. The summed E-state index contributed by atoms with van der Waals surface area (Å²) in [5.74, 6) is 0.203. The summed E-state index contributed by atoms with van der Waals surface area (Å²) in [6, 6.07) is 12.4. The predicted octanol–water partition coefficient (Wildman–Crippen LogP) is 3.24. The van der Waals surface area contributed by atoms with Crippen LogP contribution in [0.5, 0.6) is 0 Å². The molecule has 1 aromatic carbocycles. The first-order chi connectivity index (χ1) is 12.3. The molecule has 0 radical (unpaired) electrons. The van der Waals surface area contributed by atoms with Gasteiger partial charge in [0.1, 0.15) is 0 Å². The minimum Gasteiger partial charge on any atom is -0.367 e. The molecule has 0 bridgehead atoms. The van der Waals surface area contributed by atoms with Crippen molar-refractivity contribution < 1.29 is 4.79 Å². The highest BCUT2D eigenvalue weighted by Gasteiger charge is 2.27. The van der Waals surface area contributed by atoms with E-state index >= 15 is 0 Å². The van der Waals surface area contributed by atoms with E-state index in [0.29, 0.717) is 6.42 Å². The van der Waals surface area contributed by atoms with E-state index in [9.17, 15) is 4.79 Å². The van der Waals surface area contributed by atoms with Gasteiger partial charge in [0.05, 0.1) is 17.8 Å². The Kier molecular flexibility index (Phi) is 5.04. The topological polar surface area (TPSA) is 26.8 Å². The minimum atomic E-state index is 0.203. The highest BCUT2D eigenvalue weighted by Crippen LogP contribution is 2.33. The summed E-state index contributed by atoms with van der Waals surface area (Å²) in [5, 5.41) is 2.03. The average Bonchev–Trinajstić information content (AvgIpc) is 3.33. The number of rotatable bonds is 5. The number of fused-ring (bicyclic) bond motifs is 1. The van der Waals surface area contributed by atoms with Crippen molar-refractivity contribution in [2.24, 2.45) is 0 Å². The van der Waals surface area contributed by atoms with Gasteiger partial charge in [-0.1, -0.05) is 18.2 Å². The highest BCUT2D eigenvalue weighted by molar-refractivity contribution is 7.10. The van der Waals surface area contributed by atoms with Gasteiger partial charge in [-0.2, -0.15) is 0 Å². The molecule has 0 N–H and O–H groups in total. The number of carbonyl (C=O) groups excluding carboxylic acids is 1. The Hall–Kier alpha value is -1.85. The summed E-state index contributed by atoms with van der Waals surface area (Å²) in [5.41, 5.74) is 2.27. The smallest absolute Gasteiger partial charge is 0.232 e. The number of carbonyl (C=O) groups is 1. The van der Waals surface area contributed by atoms with Crippen LogP contribution >= 0.6 is 11.3 Å². The lowest BCUT2D eigenvalue weighted by Gasteiger charge is -2.38. The zero-order valence-corrected chi connectivity index (χ0v) is 15.4. The fourth-order valence-electron chi connectivity index (χ4n) is 3.84. The number of hydrogen-bond donors (Lipinski definition) is 0. The second kappa shape index (κ2) is 7.58. The highest BCUT2D eigenvalue weighted by atomic mass is 32.1. The molecule has 2 aliphatic rings. The Morgan fingerprint density at radius 2 is 1.72 bits per heavy atom.